The summed E-state index contributed by atoms with van der Waals surface area (Å²) in [5.74, 6) is -0.564. The van der Waals surface area contributed by atoms with E-state index in [9.17, 15) is 9.59 Å². The minimum atomic E-state index is -0.530. The van der Waals surface area contributed by atoms with Gasteiger partial charge in [-0.15, -0.1) is 0 Å². The fraction of sp³-hybridized carbons (Fsp3) is 0.118. The summed E-state index contributed by atoms with van der Waals surface area (Å²) in [6.45, 7) is 3.87. The Morgan fingerprint density at radius 2 is 1.96 bits per heavy atom. The van der Waals surface area contributed by atoms with Gasteiger partial charge in [0.25, 0.3) is 11.8 Å². The molecule has 1 aromatic heterocycles. The Kier molecular flexibility index (Phi) is 4.55. The first kappa shape index (κ1) is 16.8. The first-order chi connectivity index (χ1) is 11.4. The van der Waals surface area contributed by atoms with E-state index in [1.807, 2.05) is 54.6 Å². The number of rotatable bonds is 2. The lowest BCUT2D eigenvalue weighted by Gasteiger charge is -2.30. The molecule has 0 unspecified atom stereocenters. The second-order valence-corrected chi connectivity index (χ2v) is 6.84. The number of furan rings is 1. The lowest BCUT2D eigenvalue weighted by atomic mass is 10.1. The number of benzene rings is 1. The number of hydrogen-bond acceptors (Lipinski definition) is 4. The van der Waals surface area contributed by atoms with E-state index in [2.05, 4.69) is 5.32 Å². The maximum Gasteiger partial charge on any atom is 0.270 e. The molecule has 0 saturated carbocycles. The molecule has 122 valence electrons. The normalized spacial score (nSPS) is 16.7. The van der Waals surface area contributed by atoms with Gasteiger partial charge in [-0.2, -0.15) is 0 Å². The molecule has 24 heavy (non-hydrogen) atoms. The van der Waals surface area contributed by atoms with Crippen LogP contribution < -0.4 is 10.2 Å². The van der Waals surface area contributed by atoms with Crippen LogP contribution in [0.5, 0.6) is 0 Å². The maximum absolute atomic E-state index is 12.9. The van der Waals surface area contributed by atoms with Crippen LogP contribution in [0, 0.1) is 17.6 Å². The fourth-order valence-corrected chi connectivity index (χ4v) is 3.19. The SMILES string of the molecule is Cc1ccc(N2C(=O)C(=Cc3ccc(I)o3)C(=O)NC2=S)c(C)c1. The van der Waals surface area contributed by atoms with Crippen molar-refractivity contribution in [3.63, 3.8) is 0 Å². The highest BCUT2D eigenvalue weighted by Gasteiger charge is 2.35. The van der Waals surface area contributed by atoms with E-state index >= 15 is 0 Å². The molecule has 1 aromatic carbocycles. The van der Waals surface area contributed by atoms with Crippen molar-refractivity contribution in [2.45, 2.75) is 13.8 Å². The summed E-state index contributed by atoms with van der Waals surface area (Å²) < 4.78 is 6.09. The van der Waals surface area contributed by atoms with E-state index < -0.39 is 11.8 Å². The van der Waals surface area contributed by atoms with Gasteiger partial charge in [-0.25, -0.2) is 0 Å². The zero-order valence-corrected chi connectivity index (χ0v) is 15.9. The summed E-state index contributed by atoms with van der Waals surface area (Å²) in [5.41, 5.74) is 2.61. The van der Waals surface area contributed by atoms with E-state index in [1.54, 1.807) is 12.1 Å². The first-order valence-electron chi connectivity index (χ1n) is 7.11. The fourth-order valence-electron chi connectivity index (χ4n) is 2.48. The molecule has 7 heteroatoms. The summed E-state index contributed by atoms with van der Waals surface area (Å²) in [4.78, 5) is 26.4. The first-order valence-corrected chi connectivity index (χ1v) is 8.59. The Labute approximate surface area is 157 Å². The van der Waals surface area contributed by atoms with Crippen LogP contribution in [0.3, 0.4) is 0 Å². The number of nitrogens with one attached hydrogen (secondary N) is 1. The molecule has 1 saturated heterocycles. The van der Waals surface area contributed by atoms with E-state index in [-0.39, 0.29) is 10.7 Å². The van der Waals surface area contributed by atoms with Gasteiger partial charge in [0.05, 0.1) is 5.69 Å². The number of thiocarbonyl (C=S) groups is 1. The Balaban J connectivity index is 2.04. The number of carbonyl (C=O) groups is 2. The zero-order chi connectivity index (χ0) is 17.4. The molecule has 0 spiro atoms. The molecule has 1 fully saturated rings. The van der Waals surface area contributed by atoms with E-state index in [0.29, 0.717) is 15.2 Å². The maximum atomic E-state index is 12.9. The Hall–Kier alpha value is -2.00. The van der Waals surface area contributed by atoms with Crippen LogP contribution in [-0.4, -0.2) is 16.9 Å². The average molecular weight is 452 g/mol. The van der Waals surface area contributed by atoms with E-state index in [4.69, 9.17) is 16.6 Å². The lowest BCUT2D eigenvalue weighted by Crippen LogP contribution is -2.54. The van der Waals surface area contributed by atoms with Crippen molar-refractivity contribution in [2.75, 3.05) is 4.90 Å². The molecule has 1 aliphatic rings. The van der Waals surface area contributed by atoms with Crippen LogP contribution in [0.2, 0.25) is 0 Å². The van der Waals surface area contributed by atoms with Crippen LogP contribution in [0.4, 0.5) is 5.69 Å². The third kappa shape index (κ3) is 3.13. The van der Waals surface area contributed by atoms with Crippen molar-refractivity contribution in [3.05, 3.63) is 56.6 Å². The van der Waals surface area contributed by atoms with Crippen molar-refractivity contribution in [1.29, 1.82) is 0 Å². The van der Waals surface area contributed by atoms with Gasteiger partial charge in [0, 0.05) is 0 Å². The van der Waals surface area contributed by atoms with Crippen molar-refractivity contribution in [3.8, 4) is 0 Å². The summed E-state index contributed by atoms with van der Waals surface area (Å²) in [6, 6.07) is 9.13. The van der Waals surface area contributed by atoms with Crippen LogP contribution >= 0.6 is 34.8 Å². The van der Waals surface area contributed by atoms with Gasteiger partial charge in [-0.3, -0.25) is 19.8 Å². The molecule has 0 bridgehead atoms. The van der Waals surface area contributed by atoms with Crippen molar-refractivity contribution >= 4 is 63.5 Å². The number of aryl methyl sites for hydroxylation is 2. The van der Waals surface area contributed by atoms with Crippen LogP contribution in [0.15, 0.2) is 40.3 Å². The molecule has 2 aromatic rings. The van der Waals surface area contributed by atoms with Gasteiger partial charge in [0.15, 0.2) is 8.88 Å². The molecule has 3 rings (SSSR count). The van der Waals surface area contributed by atoms with Gasteiger partial charge >= 0.3 is 0 Å². The zero-order valence-electron chi connectivity index (χ0n) is 12.9. The van der Waals surface area contributed by atoms with Crippen LogP contribution in [0.25, 0.3) is 6.08 Å². The van der Waals surface area contributed by atoms with Crippen molar-refractivity contribution in [2.24, 2.45) is 0 Å². The molecule has 0 aliphatic carbocycles. The quantitative estimate of drug-likeness (QED) is 0.329. The highest BCUT2D eigenvalue weighted by Crippen LogP contribution is 2.26. The highest BCUT2D eigenvalue weighted by atomic mass is 127. The third-order valence-corrected chi connectivity index (χ3v) is 4.44. The number of amides is 2. The van der Waals surface area contributed by atoms with Gasteiger partial charge in [0.2, 0.25) is 0 Å². The molecule has 1 N–H and O–H groups in total. The van der Waals surface area contributed by atoms with Crippen molar-refractivity contribution in [1.82, 2.24) is 5.32 Å². The van der Waals surface area contributed by atoms with Gasteiger partial charge in [0.1, 0.15) is 11.3 Å². The monoisotopic (exact) mass is 452 g/mol. The summed E-state index contributed by atoms with van der Waals surface area (Å²) in [7, 11) is 0. The van der Waals surface area contributed by atoms with E-state index in [0.717, 1.165) is 11.1 Å². The lowest BCUT2D eigenvalue weighted by molar-refractivity contribution is -0.122. The average Bonchev–Trinajstić information content (AvgIpc) is 2.91. The smallest absolute Gasteiger partial charge is 0.270 e. The topological polar surface area (TPSA) is 62.6 Å². The molecular weight excluding hydrogens is 439 g/mol. The predicted octanol–water partition coefficient (Wildman–Crippen LogP) is 3.33. The second-order valence-electron chi connectivity index (χ2n) is 5.39. The van der Waals surface area contributed by atoms with E-state index in [1.165, 1.54) is 11.0 Å². The summed E-state index contributed by atoms with van der Waals surface area (Å²) >= 11 is 7.22. The summed E-state index contributed by atoms with van der Waals surface area (Å²) in [6.07, 6.45) is 1.43. The predicted molar refractivity (Wildman–Crippen MR) is 104 cm³/mol. The summed E-state index contributed by atoms with van der Waals surface area (Å²) in [5, 5.41) is 2.64. The number of carbonyl (C=O) groups excluding carboxylic acids is 2. The van der Waals surface area contributed by atoms with Gasteiger partial charge in [-0.1, -0.05) is 17.7 Å². The number of nitrogens with zero attached hydrogens (tertiary/aromatic N) is 1. The Morgan fingerprint density at radius 3 is 2.58 bits per heavy atom. The number of hydrogen-bond donors (Lipinski definition) is 1. The molecular formula is C17H13IN2O3S. The second kappa shape index (κ2) is 6.48. The largest absolute Gasteiger partial charge is 0.451 e. The third-order valence-electron chi connectivity index (χ3n) is 3.58. The number of halogens is 1. The van der Waals surface area contributed by atoms with Crippen LogP contribution in [-0.2, 0) is 9.59 Å². The minimum Gasteiger partial charge on any atom is -0.451 e. The molecule has 0 atom stereocenters. The van der Waals surface area contributed by atoms with Crippen LogP contribution in [0.1, 0.15) is 16.9 Å². The molecule has 1 aliphatic heterocycles. The van der Waals surface area contributed by atoms with Crippen molar-refractivity contribution < 1.29 is 14.0 Å². The molecule has 5 nitrogen and oxygen atoms in total. The minimum absolute atomic E-state index is 0.0191. The number of anilines is 1. The van der Waals surface area contributed by atoms with Gasteiger partial charge in [-0.05, 0) is 78.5 Å². The highest BCUT2D eigenvalue weighted by molar-refractivity contribution is 14.1. The molecule has 2 amide bonds. The Morgan fingerprint density at radius 1 is 1.21 bits per heavy atom. The molecule has 0 radical (unpaired) electrons. The standard InChI is InChI=1S/C17H13IN2O3S/c1-9-3-5-13(10(2)7-9)20-16(22)12(15(21)19-17(20)24)8-11-4-6-14(18)23-11/h3-8H,1-2H3,(H,19,21,24). The van der Waals surface area contributed by atoms with Gasteiger partial charge < -0.3 is 4.42 Å². The Bertz CT molecular complexity index is 901. The molecule has 2 heterocycles.